The molecule has 0 aliphatic rings. The van der Waals surface area contributed by atoms with Gasteiger partial charge in [-0.15, -0.1) is 0 Å². The molecule has 6 nitrogen and oxygen atoms in total. The summed E-state index contributed by atoms with van der Waals surface area (Å²) < 4.78 is 12.8. The maximum Gasteiger partial charge on any atom is 0.277 e. The van der Waals surface area contributed by atoms with Crippen LogP contribution in [0.15, 0.2) is 24.5 Å². The molecule has 2 N–H and O–H groups in total. The predicted octanol–water partition coefficient (Wildman–Crippen LogP) is 2.43. The zero-order valence-electron chi connectivity index (χ0n) is 12.0. The van der Waals surface area contributed by atoms with Gasteiger partial charge in [-0.1, -0.05) is 13.8 Å². The molecule has 0 saturated carbocycles. The summed E-state index contributed by atoms with van der Waals surface area (Å²) in [5.74, 6) is 0.0431. The third-order valence-electron chi connectivity index (χ3n) is 2.78. The van der Waals surface area contributed by atoms with Crippen LogP contribution in [-0.2, 0) is 0 Å². The zero-order valence-corrected chi connectivity index (χ0v) is 12.0. The normalized spacial score (nSPS) is 10.5. The summed E-state index contributed by atoms with van der Waals surface area (Å²) in [6, 6.07) is 2.61. The SMILES string of the molecule is CNc1cnc(C(C)C)nc1C(=O)Nc1ccc(F)cn1. The molecule has 21 heavy (non-hydrogen) atoms. The summed E-state index contributed by atoms with van der Waals surface area (Å²) in [5, 5.41) is 5.45. The minimum absolute atomic E-state index is 0.103. The minimum Gasteiger partial charge on any atom is -0.385 e. The number of hydrogen-bond acceptors (Lipinski definition) is 5. The van der Waals surface area contributed by atoms with E-state index in [2.05, 4.69) is 25.6 Å². The number of amides is 1. The number of nitrogens with one attached hydrogen (secondary N) is 2. The van der Waals surface area contributed by atoms with E-state index in [-0.39, 0.29) is 17.4 Å². The van der Waals surface area contributed by atoms with Gasteiger partial charge in [-0.25, -0.2) is 19.3 Å². The van der Waals surface area contributed by atoms with Crippen LogP contribution in [0.25, 0.3) is 0 Å². The van der Waals surface area contributed by atoms with E-state index in [1.165, 1.54) is 12.1 Å². The second-order valence-corrected chi connectivity index (χ2v) is 4.71. The van der Waals surface area contributed by atoms with E-state index < -0.39 is 11.7 Å². The lowest BCUT2D eigenvalue weighted by molar-refractivity contribution is 0.102. The van der Waals surface area contributed by atoms with Gasteiger partial charge in [0.2, 0.25) is 0 Å². The van der Waals surface area contributed by atoms with Crippen molar-refractivity contribution in [2.45, 2.75) is 19.8 Å². The fraction of sp³-hybridized carbons (Fsp3) is 0.286. The van der Waals surface area contributed by atoms with E-state index in [0.29, 0.717) is 11.5 Å². The van der Waals surface area contributed by atoms with Gasteiger partial charge < -0.3 is 10.6 Å². The Morgan fingerprint density at radius 3 is 2.57 bits per heavy atom. The molecule has 2 aromatic heterocycles. The van der Waals surface area contributed by atoms with Crippen molar-refractivity contribution in [1.82, 2.24) is 15.0 Å². The first-order valence-corrected chi connectivity index (χ1v) is 6.49. The Labute approximate surface area is 121 Å². The average molecular weight is 289 g/mol. The largest absolute Gasteiger partial charge is 0.385 e. The van der Waals surface area contributed by atoms with Gasteiger partial charge in [0.25, 0.3) is 5.91 Å². The number of pyridine rings is 1. The smallest absolute Gasteiger partial charge is 0.277 e. The van der Waals surface area contributed by atoms with E-state index in [1.54, 1.807) is 13.2 Å². The molecule has 1 amide bonds. The molecule has 0 saturated heterocycles. The van der Waals surface area contributed by atoms with E-state index in [4.69, 9.17) is 0 Å². The number of nitrogens with zero attached hydrogens (tertiary/aromatic N) is 3. The Balaban J connectivity index is 2.28. The van der Waals surface area contributed by atoms with Crippen molar-refractivity contribution >= 4 is 17.4 Å². The molecule has 0 atom stereocenters. The third-order valence-corrected chi connectivity index (χ3v) is 2.78. The Kier molecular flexibility index (Phi) is 4.42. The van der Waals surface area contributed by atoms with Gasteiger partial charge in [-0.3, -0.25) is 4.79 Å². The second-order valence-electron chi connectivity index (χ2n) is 4.71. The van der Waals surface area contributed by atoms with Crippen molar-refractivity contribution in [3.05, 3.63) is 41.9 Å². The molecule has 0 radical (unpaired) electrons. The van der Waals surface area contributed by atoms with Gasteiger partial charge in [0.15, 0.2) is 5.69 Å². The molecular weight excluding hydrogens is 273 g/mol. The summed E-state index contributed by atoms with van der Waals surface area (Å²) in [5.41, 5.74) is 0.737. The van der Waals surface area contributed by atoms with Crippen LogP contribution in [0.3, 0.4) is 0 Å². The molecule has 0 aliphatic carbocycles. The fourth-order valence-corrected chi connectivity index (χ4v) is 1.65. The van der Waals surface area contributed by atoms with Crippen molar-refractivity contribution in [3.63, 3.8) is 0 Å². The summed E-state index contributed by atoms with van der Waals surface area (Å²) in [6.45, 7) is 3.88. The van der Waals surface area contributed by atoms with Crippen LogP contribution >= 0.6 is 0 Å². The Hall–Kier alpha value is -2.57. The maximum absolute atomic E-state index is 12.8. The minimum atomic E-state index is -0.465. The lowest BCUT2D eigenvalue weighted by Gasteiger charge is -2.11. The lowest BCUT2D eigenvalue weighted by Crippen LogP contribution is -2.18. The molecule has 110 valence electrons. The fourth-order valence-electron chi connectivity index (χ4n) is 1.65. The van der Waals surface area contributed by atoms with Gasteiger partial charge in [0, 0.05) is 13.0 Å². The molecule has 0 spiro atoms. The van der Waals surface area contributed by atoms with Crippen LogP contribution in [0, 0.1) is 5.82 Å². The Bertz CT molecular complexity index is 642. The highest BCUT2D eigenvalue weighted by Gasteiger charge is 2.16. The molecular formula is C14H16FN5O. The summed E-state index contributed by atoms with van der Waals surface area (Å²) in [7, 11) is 1.68. The van der Waals surface area contributed by atoms with Crippen LogP contribution in [0.2, 0.25) is 0 Å². The predicted molar refractivity (Wildman–Crippen MR) is 77.8 cm³/mol. The van der Waals surface area contributed by atoms with Crippen LogP contribution in [0.4, 0.5) is 15.9 Å². The summed E-state index contributed by atoms with van der Waals surface area (Å²) in [6.07, 6.45) is 2.60. The van der Waals surface area contributed by atoms with Crippen LogP contribution in [0.1, 0.15) is 36.1 Å². The van der Waals surface area contributed by atoms with Gasteiger partial charge in [-0.2, -0.15) is 0 Å². The first-order chi connectivity index (χ1) is 10.0. The number of carbonyl (C=O) groups excluding carboxylic acids is 1. The quantitative estimate of drug-likeness (QED) is 0.903. The summed E-state index contributed by atoms with van der Waals surface area (Å²) >= 11 is 0. The highest BCUT2D eigenvalue weighted by atomic mass is 19.1. The monoisotopic (exact) mass is 289 g/mol. The van der Waals surface area contributed by atoms with Gasteiger partial charge in [-0.05, 0) is 12.1 Å². The first-order valence-electron chi connectivity index (χ1n) is 6.49. The number of rotatable bonds is 4. The van der Waals surface area contributed by atoms with Crippen molar-refractivity contribution in [1.29, 1.82) is 0 Å². The van der Waals surface area contributed by atoms with Crippen molar-refractivity contribution in [2.24, 2.45) is 0 Å². The highest BCUT2D eigenvalue weighted by molar-refractivity contribution is 6.05. The number of carbonyl (C=O) groups is 1. The maximum atomic E-state index is 12.8. The molecule has 2 heterocycles. The highest BCUT2D eigenvalue weighted by Crippen LogP contribution is 2.17. The first kappa shape index (κ1) is 14.8. The molecule has 0 bridgehead atoms. The van der Waals surface area contributed by atoms with Crippen LogP contribution in [0.5, 0.6) is 0 Å². The van der Waals surface area contributed by atoms with Crippen molar-refractivity contribution < 1.29 is 9.18 Å². The molecule has 0 aliphatic heterocycles. The molecule has 7 heteroatoms. The van der Waals surface area contributed by atoms with E-state index in [0.717, 1.165) is 6.20 Å². The molecule has 2 aromatic rings. The second kappa shape index (κ2) is 6.25. The standard InChI is InChI=1S/C14H16FN5O/c1-8(2)13-18-7-10(16-3)12(20-13)14(21)19-11-5-4-9(15)6-17-11/h4-8,16H,1-3H3,(H,17,19,21). The molecule has 0 aromatic carbocycles. The van der Waals surface area contributed by atoms with Crippen LogP contribution < -0.4 is 10.6 Å². The molecule has 2 rings (SSSR count). The third kappa shape index (κ3) is 3.50. The van der Waals surface area contributed by atoms with E-state index in [9.17, 15) is 9.18 Å². The number of anilines is 2. The average Bonchev–Trinajstić information content (AvgIpc) is 2.48. The van der Waals surface area contributed by atoms with Gasteiger partial charge >= 0.3 is 0 Å². The zero-order chi connectivity index (χ0) is 15.4. The number of hydrogen-bond donors (Lipinski definition) is 2. The molecule has 0 unspecified atom stereocenters. The van der Waals surface area contributed by atoms with Gasteiger partial charge in [0.1, 0.15) is 17.5 Å². The lowest BCUT2D eigenvalue weighted by atomic mass is 10.2. The van der Waals surface area contributed by atoms with Gasteiger partial charge in [0.05, 0.1) is 18.1 Å². The Morgan fingerprint density at radius 2 is 2.00 bits per heavy atom. The van der Waals surface area contributed by atoms with E-state index >= 15 is 0 Å². The van der Waals surface area contributed by atoms with Crippen LogP contribution in [-0.4, -0.2) is 27.9 Å². The topological polar surface area (TPSA) is 79.8 Å². The Morgan fingerprint density at radius 1 is 1.24 bits per heavy atom. The van der Waals surface area contributed by atoms with Crippen molar-refractivity contribution in [2.75, 3.05) is 17.7 Å². The number of halogens is 1. The van der Waals surface area contributed by atoms with E-state index in [1.807, 2.05) is 13.8 Å². The number of aromatic nitrogens is 3. The molecule has 0 fully saturated rings. The summed E-state index contributed by atoms with van der Waals surface area (Å²) in [4.78, 5) is 24.5. The van der Waals surface area contributed by atoms with Crippen molar-refractivity contribution in [3.8, 4) is 0 Å².